The van der Waals surface area contributed by atoms with Gasteiger partial charge in [0, 0.05) is 38.1 Å². The Labute approximate surface area is 156 Å². The lowest BCUT2D eigenvalue weighted by Gasteiger charge is -2.32. The van der Waals surface area contributed by atoms with Gasteiger partial charge in [0.1, 0.15) is 0 Å². The molecule has 0 radical (unpaired) electrons. The fourth-order valence-corrected chi connectivity index (χ4v) is 3.45. The fourth-order valence-electron chi connectivity index (χ4n) is 3.27. The predicted octanol–water partition coefficient (Wildman–Crippen LogP) is 4.81. The van der Waals surface area contributed by atoms with Gasteiger partial charge in [-0.2, -0.15) is 0 Å². The van der Waals surface area contributed by atoms with Crippen molar-refractivity contribution in [3.05, 3.63) is 59.7 Å². The van der Waals surface area contributed by atoms with Crippen LogP contribution in [0.15, 0.2) is 48.5 Å². The first-order valence-corrected chi connectivity index (χ1v) is 9.46. The molecule has 0 aromatic heterocycles. The highest BCUT2D eigenvalue weighted by Crippen LogP contribution is 2.25. The highest BCUT2D eigenvalue weighted by atomic mass is 32.1. The summed E-state index contributed by atoms with van der Waals surface area (Å²) in [5, 5.41) is 4.08. The maximum absolute atomic E-state index is 5.59. The van der Waals surface area contributed by atoms with Crippen LogP contribution in [0.4, 0.5) is 11.4 Å². The number of thiocarbonyl (C=S) groups is 1. The van der Waals surface area contributed by atoms with E-state index < -0.39 is 0 Å². The molecule has 3 rings (SSSR count). The van der Waals surface area contributed by atoms with Crippen LogP contribution in [0.3, 0.4) is 0 Å². The van der Waals surface area contributed by atoms with Crippen molar-refractivity contribution < 1.29 is 0 Å². The number of aryl methyl sites for hydroxylation is 1. The highest BCUT2D eigenvalue weighted by molar-refractivity contribution is 7.80. The Morgan fingerprint density at radius 1 is 1.04 bits per heavy atom. The molecule has 1 aliphatic heterocycles. The summed E-state index contributed by atoms with van der Waals surface area (Å²) in [6, 6.07) is 17.0. The molecule has 25 heavy (non-hydrogen) atoms. The van der Waals surface area contributed by atoms with Gasteiger partial charge < -0.3 is 15.1 Å². The van der Waals surface area contributed by atoms with Gasteiger partial charge in [-0.05, 0) is 62.2 Å². The van der Waals surface area contributed by atoms with Gasteiger partial charge in [-0.15, -0.1) is 0 Å². The highest BCUT2D eigenvalue weighted by Gasteiger charge is 2.15. The van der Waals surface area contributed by atoms with Gasteiger partial charge in [-0.1, -0.05) is 35.9 Å². The van der Waals surface area contributed by atoms with Crippen LogP contribution in [0.1, 0.15) is 30.4 Å². The standard InChI is InChI=1S/C21H27N3S/c1-17-10-12-19(13-11-17)22-21(25)23(2)16-18-8-4-5-9-20(18)24-14-6-3-7-15-24/h4-5,8-13H,3,6-7,14-16H2,1-2H3,(H,22,25). The molecule has 0 saturated carbocycles. The molecule has 1 aliphatic rings. The van der Waals surface area contributed by atoms with Crippen molar-refractivity contribution in [2.75, 3.05) is 30.4 Å². The van der Waals surface area contributed by atoms with E-state index in [1.807, 2.05) is 0 Å². The summed E-state index contributed by atoms with van der Waals surface area (Å²) >= 11 is 5.59. The molecule has 1 N–H and O–H groups in total. The molecular weight excluding hydrogens is 326 g/mol. The zero-order valence-electron chi connectivity index (χ0n) is 15.2. The number of piperidine rings is 1. The molecular formula is C21H27N3S. The Bertz CT molecular complexity index is 705. The summed E-state index contributed by atoms with van der Waals surface area (Å²) in [5.74, 6) is 0. The number of nitrogens with one attached hydrogen (secondary N) is 1. The van der Waals surface area contributed by atoms with Gasteiger partial charge >= 0.3 is 0 Å². The van der Waals surface area contributed by atoms with Crippen molar-refractivity contribution in [2.45, 2.75) is 32.7 Å². The van der Waals surface area contributed by atoms with Crippen LogP contribution in [0, 0.1) is 6.92 Å². The lowest BCUT2D eigenvalue weighted by Crippen LogP contribution is -2.33. The van der Waals surface area contributed by atoms with Crippen molar-refractivity contribution in [2.24, 2.45) is 0 Å². The average Bonchev–Trinajstić information content (AvgIpc) is 2.64. The van der Waals surface area contributed by atoms with E-state index in [9.17, 15) is 0 Å². The maximum Gasteiger partial charge on any atom is 0.173 e. The predicted molar refractivity (Wildman–Crippen MR) is 111 cm³/mol. The topological polar surface area (TPSA) is 18.5 Å². The van der Waals surface area contributed by atoms with E-state index in [4.69, 9.17) is 12.2 Å². The zero-order valence-corrected chi connectivity index (χ0v) is 16.0. The van der Waals surface area contributed by atoms with Crippen LogP contribution in [0.2, 0.25) is 0 Å². The summed E-state index contributed by atoms with van der Waals surface area (Å²) in [4.78, 5) is 4.63. The first kappa shape index (κ1) is 17.7. The van der Waals surface area contributed by atoms with Crippen molar-refractivity contribution in [3.8, 4) is 0 Å². The van der Waals surface area contributed by atoms with Gasteiger partial charge in [0.05, 0.1) is 0 Å². The number of hydrogen-bond donors (Lipinski definition) is 1. The molecule has 132 valence electrons. The van der Waals surface area contributed by atoms with Gasteiger partial charge in [0.2, 0.25) is 0 Å². The Morgan fingerprint density at radius 2 is 1.72 bits per heavy atom. The van der Waals surface area contributed by atoms with E-state index in [0.29, 0.717) is 0 Å². The first-order chi connectivity index (χ1) is 12.1. The number of para-hydroxylation sites is 1. The van der Waals surface area contributed by atoms with E-state index in [-0.39, 0.29) is 0 Å². The molecule has 0 amide bonds. The summed E-state index contributed by atoms with van der Waals surface area (Å²) in [5.41, 5.74) is 4.97. The van der Waals surface area contributed by atoms with E-state index >= 15 is 0 Å². The summed E-state index contributed by atoms with van der Waals surface area (Å²) in [6.45, 7) is 5.22. The van der Waals surface area contributed by atoms with Crippen LogP contribution >= 0.6 is 12.2 Å². The van der Waals surface area contributed by atoms with Gasteiger partial charge in [-0.3, -0.25) is 0 Å². The number of rotatable bonds is 4. The lowest BCUT2D eigenvalue weighted by molar-refractivity contribution is 0.505. The quantitative estimate of drug-likeness (QED) is 0.795. The van der Waals surface area contributed by atoms with E-state index in [2.05, 4.69) is 77.6 Å². The van der Waals surface area contributed by atoms with Crippen LogP contribution in [0.25, 0.3) is 0 Å². The van der Waals surface area contributed by atoms with E-state index in [1.54, 1.807) is 0 Å². The molecule has 0 bridgehead atoms. The molecule has 0 unspecified atom stereocenters. The molecule has 3 nitrogen and oxygen atoms in total. The Balaban J connectivity index is 1.66. The van der Waals surface area contributed by atoms with E-state index in [0.717, 1.165) is 30.4 Å². The first-order valence-electron chi connectivity index (χ1n) is 9.05. The maximum atomic E-state index is 5.59. The summed E-state index contributed by atoms with van der Waals surface area (Å²) in [7, 11) is 2.05. The zero-order chi connectivity index (χ0) is 17.6. The van der Waals surface area contributed by atoms with Gasteiger partial charge in [-0.25, -0.2) is 0 Å². The molecule has 1 fully saturated rings. The summed E-state index contributed by atoms with van der Waals surface area (Å²) < 4.78 is 0. The van der Waals surface area contributed by atoms with Crippen LogP contribution in [-0.2, 0) is 6.54 Å². The average molecular weight is 354 g/mol. The second-order valence-corrected chi connectivity index (χ2v) is 7.22. The molecule has 0 aliphatic carbocycles. The van der Waals surface area contributed by atoms with Gasteiger partial charge in [0.15, 0.2) is 5.11 Å². The van der Waals surface area contributed by atoms with Gasteiger partial charge in [0.25, 0.3) is 0 Å². The molecule has 4 heteroatoms. The third-order valence-corrected chi connectivity index (χ3v) is 5.16. The number of nitrogens with zero attached hydrogens (tertiary/aromatic N) is 2. The normalized spacial score (nSPS) is 14.2. The lowest BCUT2D eigenvalue weighted by atomic mass is 10.1. The largest absolute Gasteiger partial charge is 0.371 e. The van der Waals surface area contributed by atoms with E-state index in [1.165, 1.54) is 36.1 Å². The van der Waals surface area contributed by atoms with Crippen molar-refractivity contribution in [3.63, 3.8) is 0 Å². The van der Waals surface area contributed by atoms with Crippen molar-refractivity contribution in [1.29, 1.82) is 0 Å². The molecule has 2 aromatic rings. The van der Waals surface area contributed by atoms with Crippen LogP contribution < -0.4 is 10.2 Å². The fraction of sp³-hybridized carbons (Fsp3) is 0.381. The second-order valence-electron chi connectivity index (χ2n) is 6.83. The molecule has 1 heterocycles. The number of anilines is 2. The third kappa shape index (κ3) is 4.73. The monoisotopic (exact) mass is 353 g/mol. The smallest absolute Gasteiger partial charge is 0.173 e. The minimum absolute atomic E-state index is 0.748. The SMILES string of the molecule is Cc1ccc(NC(=S)N(C)Cc2ccccc2N2CCCCC2)cc1. The molecule has 0 atom stereocenters. The number of benzene rings is 2. The Morgan fingerprint density at radius 3 is 2.44 bits per heavy atom. The van der Waals surface area contributed by atoms with Crippen molar-refractivity contribution in [1.82, 2.24) is 4.90 Å². The van der Waals surface area contributed by atoms with Crippen molar-refractivity contribution >= 4 is 28.7 Å². The summed E-state index contributed by atoms with van der Waals surface area (Å²) in [6.07, 6.45) is 3.93. The molecule has 0 spiro atoms. The van der Waals surface area contributed by atoms with Crippen LogP contribution in [0.5, 0.6) is 0 Å². The molecule has 2 aromatic carbocycles. The number of hydrogen-bond acceptors (Lipinski definition) is 2. The Hall–Kier alpha value is -2.07. The third-order valence-electron chi connectivity index (χ3n) is 4.75. The van der Waals surface area contributed by atoms with Crippen LogP contribution in [-0.4, -0.2) is 30.1 Å². The minimum Gasteiger partial charge on any atom is -0.371 e. The second kappa shape index (κ2) is 8.34. The Kier molecular flexibility index (Phi) is 5.92. The molecule has 1 saturated heterocycles. The minimum atomic E-state index is 0.748.